The second-order valence-electron chi connectivity index (χ2n) is 3.24. The molecule has 0 radical (unpaired) electrons. The Bertz CT molecular complexity index is 501. The summed E-state index contributed by atoms with van der Waals surface area (Å²) in [6.45, 7) is -1.37. The molecule has 0 N–H and O–H groups in total. The minimum absolute atomic E-state index is 0.0556. The highest BCUT2D eigenvalue weighted by atomic mass is 19.4. The van der Waals surface area contributed by atoms with Gasteiger partial charge in [0.1, 0.15) is 5.69 Å². The lowest BCUT2D eigenvalue weighted by atomic mass is 10.4. The van der Waals surface area contributed by atoms with E-state index in [1.54, 1.807) is 0 Å². The summed E-state index contributed by atoms with van der Waals surface area (Å²) in [5.41, 5.74) is 0.430. The number of ether oxygens (including phenoxy) is 1. The molecule has 0 saturated heterocycles. The second-order valence-corrected chi connectivity index (χ2v) is 3.24. The molecule has 0 atom stereocenters. The van der Waals surface area contributed by atoms with Crippen molar-refractivity contribution < 1.29 is 17.9 Å². The largest absolute Gasteiger partial charge is 0.481 e. The number of hydrogen-bond donors (Lipinski definition) is 0. The van der Waals surface area contributed by atoms with E-state index in [1.165, 1.54) is 18.6 Å². The number of aromatic nitrogens is 4. The molecule has 18 heavy (non-hydrogen) atoms. The Hall–Kier alpha value is -2.25. The van der Waals surface area contributed by atoms with E-state index in [0.717, 1.165) is 12.4 Å². The van der Waals surface area contributed by atoms with Crippen LogP contribution in [0.5, 0.6) is 5.75 Å². The summed E-state index contributed by atoms with van der Waals surface area (Å²) in [4.78, 5) is 15.5. The van der Waals surface area contributed by atoms with Crippen LogP contribution in [0.3, 0.4) is 0 Å². The van der Waals surface area contributed by atoms with E-state index in [1.807, 2.05) is 0 Å². The third-order valence-corrected chi connectivity index (χ3v) is 1.82. The normalized spacial score (nSPS) is 11.3. The first-order valence-corrected chi connectivity index (χ1v) is 4.82. The number of halogens is 3. The van der Waals surface area contributed by atoms with Crippen LogP contribution < -0.4 is 4.74 Å². The standard InChI is InChI=1S/C10H7F3N4O/c11-10(12,13)6-18-7-3-16-9(17-4-7)8-5-14-1-2-15-8/h1-5H,6H2. The molecular weight excluding hydrogens is 249 g/mol. The fraction of sp³-hybridized carbons (Fsp3) is 0.200. The van der Waals surface area contributed by atoms with Gasteiger partial charge in [-0.05, 0) is 0 Å². The van der Waals surface area contributed by atoms with Gasteiger partial charge in [-0.3, -0.25) is 4.98 Å². The quantitative estimate of drug-likeness (QED) is 0.839. The van der Waals surface area contributed by atoms with Gasteiger partial charge in [0.05, 0.1) is 18.6 Å². The molecule has 0 aliphatic carbocycles. The Morgan fingerprint density at radius 1 is 1.00 bits per heavy atom. The molecule has 0 amide bonds. The molecule has 2 rings (SSSR count). The molecule has 0 bridgehead atoms. The smallest absolute Gasteiger partial charge is 0.422 e. The van der Waals surface area contributed by atoms with Crippen LogP contribution in [0.15, 0.2) is 31.0 Å². The number of nitrogens with zero attached hydrogens (tertiary/aromatic N) is 4. The van der Waals surface area contributed by atoms with Gasteiger partial charge in [-0.25, -0.2) is 15.0 Å². The van der Waals surface area contributed by atoms with Crippen LogP contribution >= 0.6 is 0 Å². The SMILES string of the molecule is FC(F)(F)COc1cnc(-c2cnccn2)nc1. The summed E-state index contributed by atoms with van der Waals surface area (Å²) < 4.78 is 40.2. The molecule has 0 unspecified atom stereocenters. The topological polar surface area (TPSA) is 60.8 Å². The average Bonchev–Trinajstić information content (AvgIpc) is 2.37. The molecule has 2 aromatic rings. The zero-order valence-corrected chi connectivity index (χ0v) is 8.92. The minimum Gasteiger partial charge on any atom is -0.481 e. The van der Waals surface area contributed by atoms with Crippen molar-refractivity contribution in [3.8, 4) is 17.3 Å². The molecule has 0 aliphatic heterocycles. The van der Waals surface area contributed by atoms with Crippen LogP contribution in [0.4, 0.5) is 13.2 Å². The van der Waals surface area contributed by atoms with Crippen molar-refractivity contribution in [2.45, 2.75) is 6.18 Å². The Kier molecular flexibility index (Phi) is 3.35. The summed E-state index contributed by atoms with van der Waals surface area (Å²) >= 11 is 0. The van der Waals surface area contributed by atoms with Crippen molar-refractivity contribution in [1.82, 2.24) is 19.9 Å². The number of hydrogen-bond acceptors (Lipinski definition) is 5. The van der Waals surface area contributed by atoms with Crippen molar-refractivity contribution >= 4 is 0 Å². The molecule has 0 spiro atoms. The molecule has 0 saturated carbocycles. The van der Waals surface area contributed by atoms with Crippen molar-refractivity contribution in [2.75, 3.05) is 6.61 Å². The first kappa shape index (κ1) is 12.2. The monoisotopic (exact) mass is 256 g/mol. The minimum atomic E-state index is -4.39. The van der Waals surface area contributed by atoms with Crippen molar-refractivity contribution in [3.05, 3.63) is 31.0 Å². The maximum absolute atomic E-state index is 11.9. The Morgan fingerprint density at radius 2 is 1.72 bits per heavy atom. The molecular formula is C10H7F3N4O. The van der Waals surface area contributed by atoms with Crippen molar-refractivity contribution in [2.24, 2.45) is 0 Å². The lowest BCUT2D eigenvalue weighted by molar-refractivity contribution is -0.153. The Morgan fingerprint density at radius 3 is 2.28 bits per heavy atom. The van der Waals surface area contributed by atoms with Crippen molar-refractivity contribution in [3.63, 3.8) is 0 Å². The maximum atomic E-state index is 11.9. The lowest BCUT2D eigenvalue weighted by Crippen LogP contribution is -2.19. The molecule has 94 valence electrons. The van der Waals surface area contributed by atoms with Crippen LogP contribution in [0, 0.1) is 0 Å². The summed E-state index contributed by atoms with van der Waals surface area (Å²) in [5, 5.41) is 0. The predicted octanol–water partition coefficient (Wildman–Crippen LogP) is 1.87. The molecule has 0 fully saturated rings. The first-order valence-electron chi connectivity index (χ1n) is 4.82. The van der Waals surface area contributed by atoms with Crippen LogP contribution in [0.2, 0.25) is 0 Å². The van der Waals surface area contributed by atoms with E-state index in [2.05, 4.69) is 24.7 Å². The summed E-state index contributed by atoms with van der Waals surface area (Å²) in [5.74, 6) is 0.211. The predicted molar refractivity (Wildman–Crippen MR) is 54.6 cm³/mol. The van der Waals surface area contributed by atoms with Gasteiger partial charge in [-0.15, -0.1) is 0 Å². The average molecular weight is 256 g/mol. The molecule has 5 nitrogen and oxygen atoms in total. The van der Waals surface area contributed by atoms with Crippen LogP contribution in [0.1, 0.15) is 0 Å². The van der Waals surface area contributed by atoms with Gasteiger partial charge in [-0.1, -0.05) is 0 Å². The fourth-order valence-corrected chi connectivity index (χ4v) is 1.10. The number of alkyl halides is 3. The van der Waals surface area contributed by atoms with Gasteiger partial charge in [0.2, 0.25) is 0 Å². The molecule has 0 aromatic carbocycles. The Balaban J connectivity index is 2.07. The zero-order valence-electron chi connectivity index (χ0n) is 8.92. The Labute approximate surface area is 99.7 Å². The summed E-state index contributed by atoms with van der Waals surface area (Å²) in [6.07, 6.45) is 2.33. The third-order valence-electron chi connectivity index (χ3n) is 1.82. The zero-order chi connectivity index (χ0) is 13.0. The highest BCUT2D eigenvalue weighted by Crippen LogP contribution is 2.18. The van der Waals surface area contributed by atoms with E-state index >= 15 is 0 Å². The number of rotatable bonds is 3. The van der Waals surface area contributed by atoms with Crippen molar-refractivity contribution in [1.29, 1.82) is 0 Å². The van der Waals surface area contributed by atoms with E-state index in [9.17, 15) is 13.2 Å². The van der Waals surface area contributed by atoms with Gasteiger partial charge < -0.3 is 4.74 Å². The van der Waals surface area contributed by atoms with Crippen LogP contribution in [0.25, 0.3) is 11.5 Å². The summed E-state index contributed by atoms with van der Waals surface area (Å²) in [7, 11) is 0. The van der Waals surface area contributed by atoms with E-state index in [4.69, 9.17) is 0 Å². The summed E-state index contributed by atoms with van der Waals surface area (Å²) in [6, 6.07) is 0. The molecule has 0 aliphatic rings. The highest BCUT2D eigenvalue weighted by Gasteiger charge is 2.28. The van der Waals surface area contributed by atoms with Gasteiger partial charge >= 0.3 is 6.18 Å². The molecule has 8 heteroatoms. The van der Waals surface area contributed by atoms with Crippen LogP contribution in [-0.4, -0.2) is 32.7 Å². The second kappa shape index (κ2) is 4.94. The maximum Gasteiger partial charge on any atom is 0.422 e. The van der Waals surface area contributed by atoms with E-state index in [0.29, 0.717) is 5.69 Å². The van der Waals surface area contributed by atoms with Gasteiger partial charge in [0.25, 0.3) is 0 Å². The van der Waals surface area contributed by atoms with Gasteiger partial charge in [0, 0.05) is 12.4 Å². The molecule has 2 aromatic heterocycles. The first-order chi connectivity index (χ1) is 8.54. The van der Waals surface area contributed by atoms with Gasteiger partial charge in [0.15, 0.2) is 18.2 Å². The van der Waals surface area contributed by atoms with Crippen LogP contribution in [-0.2, 0) is 0 Å². The molecule has 2 heterocycles. The van der Waals surface area contributed by atoms with E-state index < -0.39 is 12.8 Å². The van der Waals surface area contributed by atoms with Gasteiger partial charge in [-0.2, -0.15) is 13.2 Å². The van der Waals surface area contributed by atoms with E-state index in [-0.39, 0.29) is 11.6 Å². The lowest BCUT2D eigenvalue weighted by Gasteiger charge is -2.08. The third kappa shape index (κ3) is 3.37. The fourth-order valence-electron chi connectivity index (χ4n) is 1.10. The highest BCUT2D eigenvalue weighted by molar-refractivity contribution is 5.46.